The van der Waals surface area contributed by atoms with Gasteiger partial charge >= 0.3 is 0 Å². The molecule has 0 aliphatic heterocycles. The quantitative estimate of drug-likeness (QED) is 0.567. The first kappa shape index (κ1) is 10.1. The van der Waals surface area contributed by atoms with Crippen LogP contribution in [0, 0.1) is 0 Å². The van der Waals surface area contributed by atoms with Gasteiger partial charge in [-0.25, -0.2) is 0 Å². The van der Waals surface area contributed by atoms with E-state index in [-0.39, 0.29) is 5.78 Å². The Morgan fingerprint density at radius 2 is 1.91 bits per heavy atom. The molecule has 0 heterocycles. The molecule has 0 aliphatic carbocycles. The third-order valence-electron chi connectivity index (χ3n) is 1.49. The van der Waals surface area contributed by atoms with Gasteiger partial charge in [0.1, 0.15) is 0 Å². The van der Waals surface area contributed by atoms with E-state index in [2.05, 4.69) is 0 Å². The van der Waals surface area contributed by atoms with Gasteiger partial charge in [-0.3, -0.25) is 9.59 Å². The number of Topliss-reactive ketones (excluding diaryl/α,β-unsaturated/α-hetero) is 1. The van der Waals surface area contributed by atoms with E-state index < -0.39 is 5.91 Å². The van der Waals surface area contributed by atoms with E-state index in [0.29, 0.717) is 6.54 Å². The molecule has 64 valence electrons. The van der Waals surface area contributed by atoms with Gasteiger partial charge in [-0.1, -0.05) is 13.3 Å². The van der Waals surface area contributed by atoms with E-state index in [1.807, 2.05) is 6.92 Å². The van der Waals surface area contributed by atoms with Crippen molar-refractivity contribution in [2.24, 2.45) is 0 Å². The molecule has 0 aromatic carbocycles. The maximum atomic E-state index is 10.9. The molecule has 0 saturated carbocycles. The summed E-state index contributed by atoms with van der Waals surface area (Å²) in [6.07, 6.45) is 1.99. The zero-order valence-electron chi connectivity index (χ0n) is 7.39. The number of amides is 1. The van der Waals surface area contributed by atoms with Crippen molar-refractivity contribution >= 4 is 11.7 Å². The van der Waals surface area contributed by atoms with Crippen LogP contribution in [-0.2, 0) is 9.59 Å². The zero-order chi connectivity index (χ0) is 8.85. The van der Waals surface area contributed by atoms with E-state index in [1.54, 1.807) is 7.05 Å². The molecule has 0 fully saturated rings. The smallest absolute Gasteiger partial charge is 0.289 e. The number of ketones is 1. The molecular weight excluding hydrogens is 142 g/mol. The standard InChI is InChI=1S/C8H15NO2/c1-4-5-6-9(3)8(11)7(2)10/h4-6H2,1-3H3. The van der Waals surface area contributed by atoms with Crippen LogP contribution in [0.15, 0.2) is 0 Å². The van der Waals surface area contributed by atoms with Crippen LogP contribution in [-0.4, -0.2) is 30.2 Å². The average molecular weight is 157 g/mol. The third kappa shape index (κ3) is 3.75. The normalized spacial score (nSPS) is 9.36. The second kappa shape index (κ2) is 4.88. The van der Waals surface area contributed by atoms with E-state index in [0.717, 1.165) is 12.8 Å². The average Bonchev–Trinajstić information content (AvgIpc) is 1.98. The fourth-order valence-electron chi connectivity index (χ4n) is 0.766. The number of nitrogens with zero attached hydrogens (tertiary/aromatic N) is 1. The van der Waals surface area contributed by atoms with Crippen molar-refractivity contribution in [1.29, 1.82) is 0 Å². The summed E-state index contributed by atoms with van der Waals surface area (Å²) < 4.78 is 0. The number of carbonyl (C=O) groups excluding carboxylic acids is 2. The Bertz CT molecular complexity index is 154. The number of hydrogen-bond donors (Lipinski definition) is 0. The van der Waals surface area contributed by atoms with Crippen LogP contribution in [0.3, 0.4) is 0 Å². The molecule has 11 heavy (non-hydrogen) atoms. The second-order valence-corrected chi connectivity index (χ2v) is 2.64. The fourth-order valence-corrected chi connectivity index (χ4v) is 0.766. The van der Waals surface area contributed by atoms with Crippen LogP contribution in [0.2, 0.25) is 0 Å². The summed E-state index contributed by atoms with van der Waals surface area (Å²) in [5.74, 6) is -0.776. The van der Waals surface area contributed by atoms with Gasteiger partial charge in [0.15, 0.2) is 0 Å². The number of rotatable bonds is 4. The molecular formula is C8H15NO2. The van der Waals surface area contributed by atoms with E-state index >= 15 is 0 Å². The van der Waals surface area contributed by atoms with Crippen LogP contribution < -0.4 is 0 Å². The zero-order valence-corrected chi connectivity index (χ0v) is 7.39. The summed E-state index contributed by atoms with van der Waals surface area (Å²) in [6.45, 7) is 4.02. The molecule has 0 aliphatic rings. The predicted octanol–water partition coefficient (Wildman–Crippen LogP) is 0.834. The molecule has 0 aromatic rings. The Morgan fingerprint density at radius 3 is 2.27 bits per heavy atom. The number of hydrogen-bond acceptors (Lipinski definition) is 2. The molecule has 0 unspecified atom stereocenters. The maximum Gasteiger partial charge on any atom is 0.289 e. The van der Waals surface area contributed by atoms with Crippen molar-refractivity contribution in [2.45, 2.75) is 26.7 Å². The summed E-state index contributed by atoms with van der Waals surface area (Å²) in [6, 6.07) is 0. The molecule has 3 nitrogen and oxygen atoms in total. The fraction of sp³-hybridized carbons (Fsp3) is 0.750. The summed E-state index contributed by atoms with van der Waals surface area (Å²) in [7, 11) is 1.65. The van der Waals surface area contributed by atoms with Crippen molar-refractivity contribution in [2.75, 3.05) is 13.6 Å². The van der Waals surface area contributed by atoms with Gasteiger partial charge in [0, 0.05) is 20.5 Å². The van der Waals surface area contributed by atoms with Gasteiger partial charge in [-0.15, -0.1) is 0 Å². The highest BCUT2D eigenvalue weighted by molar-refractivity contribution is 6.34. The Morgan fingerprint density at radius 1 is 1.36 bits per heavy atom. The lowest BCUT2D eigenvalue weighted by molar-refractivity contribution is -0.142. The minimum atomic E-state index is -0.390. The largest absolute Gasteiger partial charge is 0.339 e. The lowest BCUT2D eigenvalue weighted by Gasteiger charge is -2.13. The second-order valence-electron chi connectivity index (χ2n) is 2.64. The Labute approximate surface area is 67.4 Å². The van der Waals surface area contributed by atoms with E-state index in [1.165, 1.54) is 11.8 Å². The molecule has 0 rings (SSSR count). The van der Waals surface area contributed by atoms with Gasteiger partial charge in [-0.2, -0.15) is 0 Å². The lowest BCUT2D eigenvalue weighted by Crippen LogP contribution is -2.32. The first-order valence-corrected chi connectivity index (χ1v) is 3.85. The van der Waals surface area contributed by atoms with Gasteiger partial charge in [0.2, 0.25) is 5.78 Å². The van der Waals surface area contributed by atoms with Crippen LogP contribution >= 0.6 is 0 Å². The van der Waals surface area contributed by atoms with Crippen molar-refractivity contribution < 1.29 is 9.59 Å². The van der Waals surface area contributed by atoms with Crippen LogP contribution in [0.25, 0.3) is 0 Å². The Kier molecular flexibility index (Phi) is 4.50. The monoisotopic (exact) mass is 157 g/mol. The van der Waals surface area contributed by atoms with E-state index in [9.17, 15) is 9.59 Å². The highest BCUT2D eigenvalue weighted by Gasteiger charge is 2.11. The van der Waals surface area contributed by atoms with Gasteiger partial charge in [0.05, 0.1) is 0 Å². The molecule has 0 bridgehead atoms. The highest BCUT2D eigenvalue weighted by Crippen LogP contribution is 1.92. The minimum Gasteiger partial charge on any atom is -0.339 e. The summed E-state index contributed by atoms with van der Waals surface area (Å²) in [5, 5.41) is 0. The topological polar surface area (TPSA) is 37.4 Å². The molecule has 0 spiro atoms. The van der Waals surface area contributed by atoms with E-state index in [4.69, 9.17) is 0 Å². The molecule has 0 saturated heterocycles. The number of carbonyl (C=O) groups is 2. The summed E-state index contributed by atoms with van der Waals surface area (Å²) in [4.78, 5) is 22.9. The predicted molar refractivity (Wildman–Crippen MR) is 43.2 cm³/mol. The molecule has 1 amide bonds. The molecule has 0 radical (unpaired) electrons. The summed E-state index contributed by atoms with van der Waals surface area (Å²) >= 11 is 0. The van der Waals surface area contributed by atoms with Crippen molar-refractivity contribution in [1.82, 2.24) is 4.90 Å². The Hall–Kier alpha value is -0.860. The molecule has 0 aromatic heterocycles. The first-order chi connectivity index (χ1) is 5.09. The molecule has 0 N–H and O–H groups in total. The maximum absolute atomic E-state index is 10.9. The first-order valence-electron chi connectivity index (χ1n) is 3.85. The van der Waals surface area contributed by atoms with Gasteiger partial charge < -0.3 is 4.90 Å². The Balaban J connectivity index is 3.73. The van der Waals surface area contributed by atoms with Crippen molar-refractivity contribution in [3.05, 3.63) is 0 Å². The summed E-state index contributed by atoms with van der Waals surface area (Å²) in [5.41, 5.74) is 0. The van der Waals surface area contributed by atoms with Crippen molar-refractivity contribution in [3.8, 4) is 0 Å². The van der Waals surface area contributed by atoms with Gasteiger partial charge in [-0.05, 0) is 6.42 Å². The minimum absolute atomic E-state index is 0.386. The number of likely N-dealkylation sites (N-methyl/N-ethyl adjacent to an activating group) is 1. The highest BCUT2D eigenvalue weighted by atomic mass is 16.2. The molecule has 3 heteroatoms. The lowest BCUT2D eigenvalue weighted by atomic mass is 10.3. The molecule has 0 atom stereocenters. The third-order valence-corrected chi connectivity index (χ3v) is 1.49. The van der Waals surface area contributed by atoms with Crippen LogP contribution in [0.5, 0.6) is 0 Å². The van der Waals surface area contributed by atoms with Gasteiger partial charge in [0.25, 0.3) is 5.91 Å². The number of unbranched alkanes of at least 4 members (excludes halogenated alkanes) is 1. The van der Waals surface area contributed by atoms with Crippen molar-refractivity contribution in [3.63, 3.8) is 0 Å². The van der Waals surface area contributed by atoms with Crippen LogP contribution in [0.4, 0.5) is 0 Å². The van der Waals surface area contributed by atoms with Crippen LogP contribution in [0.1, 0.15) is 26.7 Å². The SMILES string of the molecule is CCCCN(C)C(=O)C(C)=O.